The van der Waals surface area contributed by atoms with Gasteiger partial charge in [0.1, 0.15) is 10.9 Å². The summed E-state index contributed by atoms with van der Waals surface area (Å²) < 4.78 is 5.66. The van der Waals surface area contributed by atoms with Gasteiger partial charge in [-0.1, -0.05) is 17.7 Å². The number of ether oxygens (including phenoxy) is 1. The third-order valence-corrected chi connectivity index (χ3v) is 3.18. The Labute approximate surface area is 134 Å². The molecule has 2 amide bonds. The predicted octanol–water partition coefficient (Wildman–Crippen LogP) is 3.45. The molecule has 0 atom stereocenters. The van der Waals surface area contributed by atoms with E-state index in [9.17, 15) is 4.79 Å². The number of halogens is 1. The monoisotopic (exact) mass is 319 g/mol. The molecule has 0 aliphatic carbocycles. The van der Waals surface area contributed by atoms with E-state index in [0.29, 0.717) is 11.8 Å². The quantitative estimate of drug-likeness (QED) is 0.859. The Morgan fingerprint density at radius 2 is 1.95 bits per heavy atom. The third-order valence-electron chi connectivity index (χ3n) is 2.96. The number of anilines is 1. The number of urea groups is 1. The lowest BCUT2D eigenvalue weighted by Crippen LogP contribution is -2.27. The molecule has 0 spiro atoms. The van der Waals surface area contributed by atoms with Crippen molar-refractivity contribution in [3.63, 3.8) is 0 Å². The smallest absolute Gasteiger partial charge is 0.321 e. The first-order valence-electron chi connectivity index (χ1n) is 6.86. The number of carbonyl (C=O) groups excluding carboxylic acids is 1. The number of nitrogens with zero attached hydrogens (tertiary/aromatic N) is 2. The topological polar surface area (TPSA) is 54.5 Å². The fourth-order valence-electron chi connectivity index (χ4n) is 1.71. The number of pyridine rings is 1. The van der Waals surface area contributed by atoms with Gasteiger partial charge in [-0.25, -0.2) is 9.78 Å². The van der Waals surface area contributed by atoms with Crippen LogP contribution in [0, 0.1) is 0 Å². The van der Waals surface area contributed by atoms with Crippen molar-refractivity contribution in [1.82, 2.24) is 9.88 Å². The fourth-order valence-corrected chi connectivity index (χ4v) is 1.82. The summed E-state index contributed by atoms with van der Waals surface area (Å²) in [6.07, 6.45) is 2.49. The number of hydrogen-bond donors (Lipinski definition) is 1. The van der Waals surface area contributed by atoms with Gasteiger partial charge in [-0.3, -0.25) is 0 Å². The highest BCUT2D eigenvalue weighted by Crippen LogP contribution is 2.16. The summed E-state index contributed by atoms with van der Waals surface area (Å²) in [6.45, 7) is 0.548. The molecule has 1 N–H and O–H groups in total. The minimum Gasteiger partial charge on any atom is -0.493 e. The summed E-state index contributed by atoms with van der Waals surface area (Å²) in [6, 6.07) is 10.8. The van der Waals surface area contributed by atoms with E-state index in [1.807, 2.05) is 18.2 Å². The van der Waals surface area contributed by atoms with Gasteiger partial charge in [0.15, 0.2) is 0 Å². The molecule has 22 heavy (non-hydrogen) atoms. The first kappa shape index (κ1) is 16.1. The summed E-state index contributed by atoms with van der Waals surface area (Å²) in [4.78, 5) is 17.0. The lowest BCUT2D eigenvalue weighted by Gasteiger charge is -2.12. The maximum absolute atomic E-state index is 11.5. The molecule has 1 aromatic carbocycles. The van der Waals surface area contributed by atoms with Gasteiger partial charge in [0.25, 0.3) is 0 Å². The van der Waals surface area contributed by atoms with Gasteiger partial charge in [0.2, 0.25) is 0 Å². The number of amides is 2. The van der Waals surface area contributed by atoms with Gasteiger partial charge in [-0.15, -0.1) is 0 Å². The largest absolute Gasteiger partial charge is 0.493 e. The van der Waals surface area contributed by atoms with Crippen LogP contribution in [0.3, 0.4) is 0 Å². The van der Waals surface area contributed by atoms with Gasteiger partial charge < -0.3 is 15.0 Å². The molecule has 0 saturated carbocycles. The zero-order chi connectivity index (χ0) is 15.9. The molecular formula is C16H18ClN3O2. The van der Waals surface area contributed by atoms with E-state index in [1.54, 1.807) is 38.5 Å². The average Bonchev–Trinajstić information content (AvgIpc) is 2.51. The number of nitrogens with one attached hydrogen (secondary N) is 1. The van der Waals surface area contributed by atoms with E-state index < -0.39 is 0 Å². The van der Waals surface area contributed by atoms with Crippen molar-refractivity contribution in [3.8, 4) is 5.75 Å². The Kier molecular flexibility index (Phi) is 5.61. The van der Waals surface area contributed by atoms with Crippen molar-refractivity contribution in [2.75, 3.05) is 26.0 Å². The second kappa shape index (κ2) is 7.66. The molecule has 2 aromatic rings. The van der Waals surface area contributed by atoms with Crippen LogP contribution in [0.4, 0.5) is 10.5 Å². The highest BCUT2D eigenvalue weighted by Gasteiger charge is 2.03. The zero-order valence-corrected chi connectivity index (χ0v) is 13.3. The second-order valence-electron chi connectivity index (χ2n) is 4.94. The first-order chi connectivity index (χ1) is 10.5. The predicted molar refractivity (Wildman–Crippen MR) is 87.6 cm³/mol. The molecule has 116 valence electrons. The third kappa shape index (κ3) is 4.93. The molecule has 1 aromatic heterocycles. The van der Waals surface area contributed by atoms with E-state index in [-0.39, 0.29) is 6.03 Å². The van der Waals surface area contributed by atoms with E-state index in [4.69, 9.17) is 16.3 Å². The standard InChI is InChI=1S/C16H18ClN3O2/c1-20(2)16(21)19-13-4-6-14(7-5-13)22-10-9-12-3-8-15(17)18-11-12/h3-8,11H,9-10H2,1-2H3,(H,19,21). The van der Waals surface area contributed by atoms with Crippen molar-refractivity contribution in [2.45, 2.75) is 6.42 Å². The molecule has 5 nitrogen and oxygen atoms in total. The van der Waals surface area contributed by atoms with Crippen LogP contribution < -0.4 is 10.1 Å². The summed E-state index contributed by atoms with van der Waals surface area (Å²) >= 11 is 5.74. The molecule has 6 heteroatoms. The summed E-state index contributed by atoms with van der Waals surface area (Å²) in [5.74, 6) is 0.754. The molecule has 0 fully saturated rings. The minimum atomic E-state index is -0.163. The fraction of sp³-hybridized carbons (Fsp3) is 0.250. The molecule has 0 bridgehead atoms. The van der Waals surface area contributed by atoms with Gasteiger partial charge >= 0.3 is 6.03 Å². The van der Waals surface area contributed by atoms with E-state index in [2.05, 4.69) is 10.3 Å². The van der Waals surface area contributed by atoms with Gasteiger partial charge in [-0.05, 0) is 35.9 Å². The van der Waals surface area contributed by atoms with Crippen LogP contribution in [-0.2, 0) is 6.42 Å². The second-order valence-corrected chi connectivity index (χ2v) is 5.32. The lowest BCUT2D eigenvalue weighted by molar-refractivity contribution is 0.230. The summed E-state index contributed by atoms with van der Waals surface area (Å²) in [5.41, 5.74) is 1.80. The Morgan fingerprint density at radius 1 is 1.23 bits per heavy atom. The Morgan fingerprint density at radius 3 is 2.55 bits per heavy atom. The molecule has 0 radical (unpaired) electrons. The van der Waals surface area contributed by atoms with Crippen molar-refractivity contribution in [3.05, 3.63) is 53.3 Å². The molecule has 2 rings (SSSR count). The number of rotatable bonds is 5. The zero-order valence-electron chi connectivity index (χ0n) is 12.5. The molecular weight excluding hydrogens is 302 g/mol. The number of carbonyl (C=O) groups is 1. The molecule has 0 saturated heterocycles. The Balaban J connectivity index is 1.81. The Bertz CT molecular complexity index is 612. The number of aromatic nitrogens is 1. The van der Waals surface area contributed by atoms with Crippen LogP contribution in [0.2, 0.25) is 5.15 Å². The lowest BCUT2D eigenvalue weighted by atomic mass is 10.2. The first-order valence-corrected chi connectivity index (χ1v) is 7.24. The van der Waals surface area contributed by atoms with Crippen molar-refractivity contribution in [2.24, 2.45) is 0 Å². The summed E-state index contributed by atoms with van der Waals surface area (Å²) in [5, 5.41) is 3.25. The highest BCUT2D eigenvalue weighted by molar-refractivity contribution is 6.29. The minimum absolute atomic E-state index is 0.163. The highest BCUT2D eigenvalue weighted by atomic mass is 35.5. The van der Waals surface area contributed by atoms with Gasteiger partial charge in [0.05, 0.1) is 6.61 Å². The van der Waals surface area contributed by atoms with Crippen LogP contribution in [0.25, 0.3) is 0 Å². The molecule has 0 aliphatic heterocycles. The number of hydrogen-bond acceptors (Lipinski definition) is 3. The molecule has 1 heterocycles. The van der Waals surface area contributed by atoms with E-state index in [0.717, 1.165) is 23.4 Å². The normalized spacial score (nSPS) is 10.1. The van der Waals surface area contributed by atoms with Crippen molar-refractivity contribution in [1.29, 1.82) is 0 Å². The van der Waals surface area contributed by atoms with Crippen LogP contribution in [0.5, 0.6) is 5.75 Å². The SMILES string of the molecule is CN(C)C(=O)Nc1ccc(OCCc2ccc(Cl)nc2)cc1. The maximum Gasteiger partial charge on any atom is 0.321 e. The average molecular weight is 320 g/mol. The molecule has 0 aliphatic rings. The van der Waals surface area contributed by atoms with E-state index >= 15 is 0 Å². The van der Waals surface area contributed by atoms with E-state index in [1.165, 1.54) is 4.90 Å². The maximum atomic E-state index is 11.5. The van der Waals surface area contributed by atoms with Crippen LogP contribution in [-0.4, -0.2) is 36.6 Å². The van der Waals surface area contributed by atoms with Crippen molar-refractivity contribution < 1.29 is 9.53 Å². The van der Waals surface area contributed by atoms with Crippen LogP contribution >= 0.6 is 11.6 Å². The summed E-state index contributed by atoms with van der Waals surface area (Å²) in [7, 11) is 3.39. The van der Waals surface area contributed by atoms with Crippen LogP contribution in [0.15, 0.2) is 42.6 Å². The number of benzene rings is 1. The van der Waals surface area contributed by atoms with Crippen molar-refractivity contribution >= 4 is 23.3 Å². The van der Waals surface area contributed by atoms with Gasteiger partial charge in [0, 0.05) is 32.4 Å². The van der Waals surface area contributed by atoms with Crippen LogP contribution in [0.1, 0.15) is 5.56 Å². The van der Waals surface area contributed by atoms with Gasteiger partial charge in [-0.2, -0.15) is 0 Å². The molecule has 0 unspecified atom stereocenters. The Hall–Kier alpha value is -2.27.